The lowest BCUT2D eigenvalue weighted by molar-refractivity contribution is 0.0521. The van der Waals surface area contributed by atoms with E-state index in [0.717, 1.165) is 6.42 Å². The van der Waals surface area contributed by atoms with Crippen molar-refractivity contribution in [1.82, 2.24) is 5.16 Å². The molecule has 1 aromatic heterocycles. The van der Waals surface area contributed by atoms with Crippen LogP contribution in [-0.2, 0) is 9.57 Å². The normalized spacial score (nSPS) is 11.2. The van der Waals surface area contributed by atoms with Crippen molar-refractivity contribution >= 4 is 11.7 Å². The molecular weight excluding hydrogens is 443 g/mol. The monoisotopic (exact) mass is 470 g/mol. The Kier molecular flexibility index (Phi) is 9.02. The number of hydrogen-bond acceptors (Lipinski definition) is 8. The number of oxime groups is 1. The first kappa shape index (κ1) is 24.8. The summed E-state index contributed by atoms with van der Waals surface area (Å²) >= 11 is 0. The summed E-state index contributed by atoms with van der Waals surface area (Å²) in [5.74, 6) is 0.317. The molecule has 0 radical (unpaired) electrons. The van der Waals surface area contributed by atoms with Crippen LogP contribution in [0.3, 0.4) is 0 Å². The average Bonchev–Trinajstić information content (AvgIpc) is 3.33. The van der Waals surface area contributed by atoms with Gasteiger partial charge >= 0.3 is 5.97 Å². The molecule has 1 heterocycles. The van der Waals surface area contributed by atoms with Crippen molar-refractivity contribution in [2.24, 2.45) is 5.16 Å². The highest BCUT2D eigenvalue weighted by atomic mass is 19.1. The molecule has 0 spiro atoms. The maximum Gasteiger partial charge on any atom is 0.342 e. The molecule has 0 aliphatic carbocycles. The summed E-state index contributed by atoms with van der Waals surface area (Å²) in [4.78, 5) is 17.7. The number of aromatic nitrogens is 1. The van der Waals surface area contributed by atoms with Crippen LogP contribution >= 0.6 is 0 Å². The van der Waals surface area contributed by atoms with Crippen LogP contribution in [0.15, 0.2) is 58.2 Å². The Balaban J connectivity index is 1.81. The van der Waals surface area contributed by atoms with Crippen LogP contribution in [0.5, 0.6) is 11.5 Å². The highest BCUT2D eigenvalue weighted by Crippen LogP contribution is 2.26. The largest absolute Gasteiger partial charge is 0.493 e. The van der Waals surface area contributed by atoms with E-state index in [-0.39, 0.29) is 24.6 Å². The molecule has 34 heavy (non-hydrogen) atoms. The molecule has 3 rings (SSSR count). The van der Waals surface area contributed by atoms with Gasteiger partial charge in [-0.05, 0) is 62.7 Å². The number of esters is 1. The predicted octanol–water partition coefficient (Wildman–Crippen LogP) is 5.27. The zero-order chi connectivity index (χ0) is 24.3. The van der Waals surface area contributed by atoms with Gasteiger partial charge in [0.25, 0.3) is 0 Å². The number of carbonyl (C=O) groups is 1. The fraction of sp³-hybridized carbons (Fsp3) is 0.320. The molecule has 8 nitrogen and oxygen atoms in total. The molecule has 0 atom stereocenters. The van der Waals surface area contributed by atoms with E-state index in [9.17, 15) is 9.18 Å². The second kappa shape index (κ2) is 12.4. The standard InChI is InChI=1S/C25H27FN2O6/c1-4-13-33-27-22(24-15-21(28-34-24)17-7-9-18(26)10-8-17)16-32-19-11-12-23(30-5-2)20(14-19)25(29)31-6-3/h7-12,14-15H,4-6,13,16H2,1-3H3/b27-22+. The Labute approximate surface area is 197 Å². The van der Waals surface area contributed by atoms with Crippen LogP contribution in [0.2, 0.25) is 0 Å². The van der Waals surface area contributed by atoms with E-state index in [0.29, 0.717) is 47.4 Å². The van der Waals surface area contributed by atoms with Crippen molar-refractivity contribution in [1.29, 1.82) is 0 Å². The smallest absolute Gasteiger partial charge is 0.342 e. The van der Waals surface area contributed by atoms with E-state index in [1.165, 1.54) is 12.1 Å². The Morgan fingerprint density at radius 1 is 1.03 bits per heavy atom. The van der Waals surface area contributed by atoms with Crippen LogP contribution in [0.4, 0.5) is 4.39 Å². The minimum absolute atomic E-state index is 0.0159. The molecule has 180 valence electrons. The Hall–Kier alpha value is -3.88. The lowest BCUT2D eigenvalue weighted by Gasteiger charge is -2.12. The molecule has 0 aliphatic heterocycles. The van der Waals surface area contributed by atoms with Crippen molar-refractivity contribution in [2.45, 2.75) is 27.2 Å². The SMILES string of the molecule is CCCO/N=C(\COc1ccc(OCC)c(C(=O)OCC)c1)c1cc(-c2ccc(F)cc2)no1. The van der Waals surface area contributed by atoms with Gasteiger partial charge in [0.1, 0.15) is 41.8 Å². The van der Waals surface area contributed by atoms with E-state index < -0.39 is 5.97 Å². The van der Waals surface area contributed by atoms with Crippen LogP contribution in [-0.4, -0.2) is 43.3 Å². The Morgan fingerprint density at radius 2 is 1.82 bits per heavy atom. The third-order valence-corrected chi connectivity index (χ3v) is 4.53. The zero-order valence-corrected chi connectivity index (χ0v) is 19.4. The van der Waals surface area contributed by atoms with E-state index >= 15 is 0 Å². The molecule has 0 saturated heterocycles. The van der Waals surface area contributed by atoms with Crippen LogP contribution in [0.25, 0.3) is 11.3 Å². The molecule has 0 fully saturated rings. The van der Waals surface area contributed by atoms with E-state index in [1.807, 2.05) is 13.8 Å². The Bertz CT molecular complexity index is 1110. The minimum Gasteiger partial charge on any atom is -0.493 e. The topological polar surface area (TPSA) is 92.4 Å². The van der Waals surface area contributed by atoms with Crippen LogP contribution in [0.1, 0.15) is 43.3 Å². The quantitative estimate of drug-likeness (QED) is 0.154. The number of rotatable bonds is 12. The molecule has 3 aromatic rings. The zero-order valence-electron chi connectivity index (χ0n) is 19.4. The highest BCUT2D eigenvalue weighted by Gasteiger charge is 2.18. The second-order valence-electron chi connectivity index (χ2n) is 7.05. The van der Waals surface area contributed by atoms with Crippen molar-refractivity contribution in [3.8, 4) is 22.8 Å². The molecule has 0 aliphatic rings. The second-order valence-corrected chi connectivity index (χ2v) is 7.05. The molecule has 2 aromatic carbocycles. The van der Waals surface area contributed by atoms with Gasteiger partial charge in [0.2, 0.25) is 0 Å². The van der Waals surface area contributed by atoms with Gasteiger partial charge in [-0.1, -0.05) is 17.2 Å². The van der Waals surface area contributed by atoms with Gasteiger partial charge in [-0.2, -0.15) is 0 Å². The summed E-state index contributed by atoms with van der Waals surface area (Å²) in [6.07, 6.45) is 0.774. The molecule has 0 unspecified atom stereocenters. The molecule has 9 heteroatoms. The maximum absolute atomic E-state index is 13.2. The van der Waals surface area contributed by atoms with Crippen LogP contribution in [0, 0.1) is 5.82 Å². The van der Waals surface area contributed by atoms with Gasteiger partial charge in [-0.15, -0.1) is 0 Å². The van der Waals surface area contributed by atoms with Crippen LogP contribution < -0.4 is 9.47 Å². The average molecular weight is 470 g/mol. The van der Waals surface area contributed by atoms with E-state index in [1.54, 1.807) is 43.3 Å². The summed E-state index contributed by atoms with van der Waals surface area (Å²) in [5, 5.41) is 8.18. The lowest BCUT2D eigenvalue weighted by atomic mass is 10.1. The Morgan fingerprint density at radius 3 is 2.53 bits per heavy atom. The summed E-state index contributed by atoms with van der Waals surface area (Å²) in [6.45, 7) is 6.56. The predicted molar refractivity (Wildman–Crippen MR) is 124 cm³/mol. The molecule has 0 amide bonds. The fourth-order valence-electron chi connectivity index (χ4n) is 2.93. The molecular formula is C25H27FN2O6. The minimum atomic E-state index is -0.504. The first-order valence-corrected chi connectivity index (χ1v) is 11.0. The van der Waals surface area contributed by atoms with Gasteiger partial charge in [-0.25, -0.2) is 9.18 Å². The van der Waals surface area contributed by atoms with Crippen molar-refractivity contribution < 1.29 is 32.8 Å². The van der Waals surface area contributed by atoms with Gasteiger partial charge in [-0.3, -0.25) is 0 Å². The number of carbonyl (C=O) groups excluding carboxylic acids is 1. The fourth-order valence-corrected chi connectivity index (χ4v) is 2.93. The van der Waals surface area contributed by atoms with Gasteiger partial charge in [0.15, 0.2) is 11.5 Å². The molecule has 0 N–H and O–H groups in total. The lowest BCUT2D eigenvalue weighted by Crippen LogP contribution is -2.14. The highest BCUT2D eigenvalue weighted by molar-refractivity contribution is 5.99. The summed E-state index contributed by atoms with van der Waals surface area (Å²) < 4.78 is 35.2. The molecule has 0 saturated carbocycles. The third kappa shape index (κ3) is 6.57. The summed E-state index contributed by atoms with van der Waals surface area (Å²) in [5.41, 5.74) is 1.83. The van der Waals surface area contributed by atoms with E-state index in [4.69, 9.17) is 23.6 Å². The number of ether oxygens (including phenoxy) is 3. The third-order valence-electron chi connectivity index (χ3n) is 4.53. The number of nitrogens with zero attached hydrogens (tertiary/aromatic N) is 2. The van der Waals surface area contributed by atoms with Gasteiger partial charge in [0.05, 0.1) is 13.2 Å². The van der Waals surface area contributed by atoms with E-state index in [2.05, 4.69) is 10.3 Å². The summed E-state index contributed by atoms with van der Waals surface area (Å²) in [7, 11) is 0. The van der Waals surface area contributed by atoms with Crippen molar-refractivity contribution in [3.05, 3.63) is 65.7 Å². The van der Waals surface area contributed by atoms with Gasteiger partial charge < -0.3 is 23.6 Å². The maximum atomic E-state index is 13.2. The summed E-state index contributed by atoms with van der Waals surface area (Å²) in [6, 6.07) is 12.5. The first-order valence-electron chi connectivity index (χ1n) is 11.0. The number of benzene rings is 2. The molecule has 0 bridgehead atoms. The number of hydrogen-bond donors (Lipinski definition) is 0. The first-order chi connectivity index (χ1) is 16.5. The number of halogens is 1. The van der Waals surface area contributed by atoms with Gasteiger partial charge in [0, 0.05) is 11.6 Å². The van der Waals surface area contributed by atoms with Crippen molar-refractivity contribution in [2.75, 3.05) is 26.4 Å². The van der Waals surface area contributed by atoms with Crippen molar-refractivity contribution in [3.63, 3.8) is 0 Å².